The predicted octanol–water partition coefficient (Wildman–Crippen LogP) is 4.54. The van der Waals surface area contributed by atoms with E-state index < -0.39 is 0 Å². The number of carbonyl (C=O) groups is 1. The Morgan fingerprint density at radius 1 is 1.20 bits per heavy atom. The molecule has 0 amide bonds. The molecule has 0 aliphatic carbocycles. The molecule has 20 heavy (non-hydrogen) atoms. The van der Waals surface area contributed by atoms with E-state index in [2.05, 4.69) is 34.1 Å². The fourth-order valence-electron chi connectivity index (χ4n) is 2.72. The predicted molar refractivity (Wildman–Crippen MR) is 83.9 cm³/mol. The SMILES string of the molecule is O=C1O/C(=C\CBr)CCC1c1cccc2ccccc12. The largest absolute Gasteiger partial charge is 0.431 e. The molecule has 2 aromatic carbocycles. The van der Waals surface area contributed by atoms with Crippen LogP contribution in [0.25, 0.3) is 10.8 Å². The number of ether oxygens (including phenoxy) is 1. The highest BCUT2D eigenvalue weighted by Gasteiger charge is 2.29. The van der Waals surface area contributed by atoms with Crippen LogP contribution in [0.5, 0.6) is 0 Å². The Morgan fingerprint density at radius 2 is 2.00 bits per heavy atom. The Kier molecular flexibility index (Phi) is 3.88. The smallest absolute Gasteiger partial charge is 0.318 e. The van der Waals surface area contributed by atoms with Crippen molar-refractivity contribution in [2.75, 3.05) is 5.33 Å². The molecule has 3 rings (SSSR count). The topological polar surface area (TPSA) is 26.3 Å². The second-order valence-electron chi connectivity index (χ2n) is 4.91. The minimum Gasteiger partial charge on any atom is -0.431 e. The summed E-state index contributed by atoms with van der Waals surface area (Å²) in [7, 11) is 0. The highest BCUT2D eigenvalue weighted by molar-refractivity contribution is 9.09. The maximum atomic E-state index is 12.2. The van der Waals surface area contributed by atoms with Crippen LogP contribution in [-0.2, 0) is 9.53 Å². The third kappa shape index (κ3) is 2.50. The first-order valence-electron chi connectivity index (χ1n) is 6.74. The van der Waals surface area contributed by atoms with Gasteiger partial charge in [0, 0.05) is 11.8 Å². The van der Waals surface area contributed by atoms with Gasteiger partial charge in [-0.2, -0.15) is 0 Å². The molecule has 1 aliphatic rings. The average Bonchev–Trinajstić information content (AvgIpc) is 2.47. The Morgan fingerprint density at radius 3 is 2.80 bits per heavy atom. The highest BCUT2D eigenvalue weighted by Crippen LogP contribution is 2.34. The van der Waals surface area contributed by atoms with E-state index in [-0.39, 0.29) is 11.9 Å². The van der Waals surface area contributed by atoms with E-state index >= 15 is 0 Å². The summed E-state index contributed by atoms with van der Waals surface area (Å²) in [6, 6.07) is 14.3. The van der Waals surface area contributed by atoms with Gasteiger partial charge < -0.3 is 4.74 Å². The maximum absolute atomic E-state index is 12.2. The van der Waals surface area contributed by atoms with Crippen LogP contribution in [0.1, 0.15) is 24.3 Å². The van der Waals surface area contributed by atoms with Gasteiger partial charge in [-0.1, -0.05) is 58.4 Å². The van der Waals surface area contributed by atoms with Gasteiger partial charge in [0.1, 0.15) is 5.76 Å². The number of alkyl halides is 1. The Labute approximate surface area is 126 Å². The average molecular weight is 331 g/mol. The van der Waals surface area contributed by atoms with Crippen molar-refractivity contribution >= 4 is 32.7 Å². The molecular formula is C17H15BrO2. The number of carbonyl (C=O) groups excluding carboxylic acids is 1. The Hall–Kier alpha value is -1.61. The lowest BCUT2D eigenvalue weighted by Crippen LogP contribution is -2.21. The minimum atomic E-state index is -0.159. The first-order valence-corrected chi connectivity index (χ1v) is 7.86. The van der Waals surface area contributed by atoms with Crippen molar-refractivity contribution in [3.05, 3.63) is 59.9 Å². The van der Waals surface area contributed by atoms with Crippen LogP contribution in [0.15, 0.2) is 54.3 Å². The normalized spacial score (nSPS) is 21.1. The van der Waals surface area contributed by atoms with E-state index in [0.717, 1.165) is 29.6 Å². The maximum Gasteiger partial charge on any atom is 0.318 e. The molecule has 0 saturated carbocycles. The number of hydrogen-bond donors (Lipinski definition) is 0. The van der Waals surface area contributed by atoms with E-state index in [0.29, 0.717) is 5.33 Å². The van der Waals surface area contributed by atoms with Gasteiger partial charge in [-0.05, 0) is 28.8 Å². The van der Waals surface area contributed by atoms with E-state index in [9.17, 15) is 4.79 Å². The summed E-state index contributed by atoms with van der Waals surface area (Å²) in [6.45, 7) is 0. The molecule has 1 aliphatic heterocycles. The summed E-state index contributed by atoms with van der Waals surface area (Å²) in [5.41, 5.74) is 1.07. The molecule has 1 unspecified atom stereocenters. The van der Waals surface area contributed by atoms with E-state index in [4.69, 9.17) is 4.74 Å². The number of esters is 1. The van der Waals surface area contributed by atoms with E-state index in [1.807, 2.05) is 30.3 Å². The van der Waals surface area contributed by atoms with Crippen molar-refractivity contribution in [3.63, 3.8) is 0 Å². The monoisotopic (exact) mass is 330 g/mol. The second-order valence-corrected chi connectivity index (χ2v) is 5.55. The highest BCUT2D eigenvalue weighted by atomic mass is 79.9. The molecule has 0 radical (unpaired) electrons. The van der Waals surface area contributed by atoms with Gasteiger partial charge in [-0.3, -0.25) is 4.79 Å². The van der Waals surface area contributed by atoms with Gasteiger partial charge in [0.2, 0.25) is 0 Å². The number of allylic oxidation sites excluding steroid dienone is 2. The zero-order valence-electron chi connectivity index (χ0n) is 11.0. The van der Waals surface area contributed by atoms with E-state index in [1.54, 1.807) is 0 Å². The van der Waals surface area contributed by atoms with Gasteiger partial charge in [0.05, 0.1) is 5.92 Å². The van der Waals surface area contributed by atoms with Crippen LogP contribution in [0.4, 0.5) is 0 Å². The standard InChI is InChI=1S/C17H15BrO2/c18-11-10-13-8-9-16(17(19)20-13)15-7-3-5-12-4-1-2-6-14(12)15/h1-7,10,16H,8-9,11H2/b13-10-. The van der Waals surface area contributed by atoms with Crippen molar-refractivity contribution in [3.8, 4) is 0 Å². The Balaban J connectivity index is 1.96. The van der Waals surface area contributed by atoms with Crippen molar-refractivity contribution in [2.24, 2.45) is 0 Å². The fraction of sp³-hybridized carbons (Fsp3) is 0.235. The number of fused-ring (bicyclic) bond motifs is 1. The summed E-state index contributed by atoms with van der Waals surface area (Å²) in [5, 5.41) is 3.03. The van der Waals surface area contributed by atoms with Gasteiger partial charge in [-0.25, -0.2) is 0 Å². The second kappa shape index (κ2) is 5.80. The van der Waals surface area contributed by atoms with Crippen LogP contribution < -0.4 is 0 Å². The number of halogens is 1. The molecule has 0 aromatic heterocycles. The lowest BCUT2D eigenvalue weighted by atomic mass is 9.88. The summed E-state index contributed by atoms with van der Waals surface area (Å²) >= 11 is 3.33. The first kappa shape index (κ1) is 13.4. The number of hydrogen-bond acceptors (Lipinski definition) is 2. The van der Waals surface area contributed by atoms with E-state index in [1.165, 1.54) is 5.39 Å². The summed E-state index contributed by atoms with van der Waals surface area (Å²) < 4.78 is 5.43. The Bertz CT molecular complexity index is 670. The molecule has 1 saturated heterocycles. The molecule has 1 fully saturated rings. The summed E-state index contributed by atoms with van der Waals surface area (Å²) in [6.07, 6.45) is 3.54. The van der Waals surface area contributed by atoms with Crippen LogP contribution in [0, 0.1) is 0 Å². The first-order chi connectivity index (χ1) is 9.79. The van der Waals surface area contributed by atoms with Crippen LogP contribution in [-0.4, -0.2) is 11.3 Å². The molecule has 0 bridgehead atoms. The molecular weight excluding hydrogens is 316 g/mol. The van der Waals surface area contributed by atoms with Gasteiger partial charge in [-0.15, -0.1) is 0 Å². The number of benzene rings is 2. The zero-order valence-corrected chi connectivity index (χ0v) is 12.6. The van der Waals surface area contributed by atoms with Crippen molar-refractivity contribution < 1.29 is 9.53 Å². The van der Waals surface area contributed by atoms with Crippen LogP contribution in [0.2, 0.25) is 0 Å². The molecule has 2 aromatic rings. The summed E-state index contributed by atoms with van der Waals surface area (Å²) in [5.74, 6) is 0.483. The lowest BCUT2D eigenvalue weighted by Gasteiger charge is -2.24. The van der Waals surface area contributed by atoms with Crippen molar-refractivity contribution in [2.45, 2.75) is 18.8 Å². The third-order valence-electron chi connectivity index (χ3n) is 3.70. The lowest BCUT2D eigenvalue weighted by molar-refractivity contribution is -0.143. The molecule has 3 heteroatoms. The van der Waals surface area contributed by atoms with Gasteiger partial charge in [0.25, 0.3) is 0 Å². The van der Waals surface area contributed by atoms with Gasteiger partial charge >= 0.3 is 5.97 Å². The number of cyclic esters (lactones) is 1. The quantitative estimate of drug-likeness (QED) is 0.597. The molecule has 1 heterocycles. The van der Waals surface area contributed by atoms with Gasteiger partial charge in [0.15, 0.2) is 0 Å². The molecule has 2 nitrogen and oxygen atoms in total. The molecule has 1 atom stereocenters. The van der Waals surface area contributed by atoms with Crippen molar-refractivity contribution in [1.29, 1.82) is 0 Å². The van der Waals surface area contributed by atoms with Crippen molar-refractivity contribution in [1.82, 2.24) is 0 Å². The zero-order chi connectivity index (χ0) is 13.9. The van der Waals surface area contributed by atoms with Crippen LogP contribution in [0.3, 0.4) is 0 Å². The molecule has 0 spiro atoms. The molecule has 102 valence electrons. The van der Waals surface area contributed by atoms with Crippen LogP contribution >= 0.6 is 15.9 Å². The third-order valence-corrected chi connectivity index (χ3v) is 4.02. The summed E-state index contributed by atoms with van der Waals surface area (Å²) in [4.78, 5) is 12.2. The fourth-order valence-corrected chi connectivity index (χ4v) is 3.08. The minimum absolute atomic E-state index is 0.139. The number of rotatable bonds is 2. The molecule has 0 N–H and O–H groups in total.